The smallest absolute Gasteiger partial charge is 0.411 e. The molecule has 0 radical (unpaired) electrons. The van der Waals surface area contributed by atoms with Gasteiger partial charge in [0.2, 0.25) is 5.56 Å². The number of hydrogen-bond acceptors (Lipinski definition) is 7. The lowest BCUT2D eigenvalue weighted by Gasteiger charge is -2.49. The van der Waals surface area contributed by atoms with Crippen molar-refractivity contribution >= 4 is 22.7 Å². The van der Waals surface area contributed by atoms with E-state index >= 15 is 0 Å². The number of rotatable bonds is 17. The molecular formula is C42H54N4O5. The molecule has 0 saturated heterocycles. The van der Waals surface area contributed by atoms with Crippen LogP contribution in [0.25, 0.3) is 22.0 Å². The Morgan fingerprint density at radius 3 is 2.39 bits per heavy atom. The predicted octanol–water partition coefficient (Wildman–Crippen LogP) is 7.99. The van der Waals surface area contributed by atoms with Crippen molar-refractivity contribution < 1.29 is 19.7 Å². The second-order valence-corrected chi connectivity index (χ2v) is 14.6. The highest BCUT2D eigenvalue weighted by molar-refractivity contribution is 5.91. The first kappa shape index (κ1) is 36.6. The molecule has 3 aromatic carbocycles. The molecule has 3 saturated carbocycles. The fourth-order valence-corrected chi connectivity index (χ4v) is 8.33. The largest absolute Gasteiger partial charge is 0.506 e. The van der Waals surface area contributed by atoms with Crippen LogP contribution in [-0.4, -0.2) is 65.0 Å². The van der Waals surface area contributed by atoms with Gasteiger partial charge in [0.25, 0.3) is 0 Å². The number of nitrogens with one attached hydrogen (secondary N) is 3. The maximum absolute atomic E-state index is 13.0. The van der Waals surface area contributed by atoms with Crippen LogP contribution >= 0.6 is 0 Å². The minimum atomic E-state index is -0.726. The number of hydrogen-bond donors (Lipinski definition) is 5. The molecule has 5 N–H and O–H groups in total. The fraction of sp³-hybridized carbons (Fsp3) is 0.476. The molecule has 4 aromatic rings. The molecule has 1 heterocycles. The lowest BCUT2D eigenvalue weighted by molar-refractivity contribution is -0.0494. The van der Waals surface area contributed by atoms with Crippen LogP contribution in [0.2, 0.25) is 0 Å². The third-order valence-electron chi connectivity index (χ3n) is 11.1. The van der Waals surface area contributed by atoms with E-state index in [1.165, 1.54) is 50.7 Å². The van der Waals surface area contributed by atoms with E-state index < -0.39 is 6.10 Å². The van der Waals surface area contributed by atoms with E-state index in [1.54, 1.807) is 12.1 Å². The molecule has 5 atom stereocenters. The SMILES string of the molecule is CN(CCCCCCCCCNC[C@H](O)c1ccc(O)c2[nH]c(=O)ccc12)C1CC2CCC1CC2OC(=O)Nc1ccccc1-c1ccccc1. The number of aromatic hydroxyl groups is 1. The van der Waals surface area contributed by atoms with Crippen LogP contribution in [0.1, 0.15) is 82.3 Å². The number of aromatic amines is 1. The Morgan fingerprint density at radius 1 is 0.882 bits per heavy atom. The number of carbonyl (C=O) groups is 1. The van der Waals surface area contributed by atoms with Crippen LogP contribution in [0.3, 0.4) is 0 Å². The zero-order valence-corrected chi connectivity index (χ0v) is 29.9. The average molecular weight is 695 g/mol. The van der Waals surface area contributed by atoms with E-state index in [2.05, 4.69) is 39.7 Å². The number of aliphatic hydroxyl groups is 1. The molecule has 2 bridgehead atoms. The average Bonchev–Trinajstić information content (AvgIpc) is 3.14. The highest BCUT2D eigenvalue weighted by atomic mass is 16.6. The highest BCUT2D eigenvalue weighted by Crippen LogP contribution is 2.45. The van der Waals surface area contributed by atoms with Crippen LogP contribution in [0, 0.1) is 11.8 Å². The van der Waals surface area contributed by atoms with Crippen LogP contribution in [0.15, 0.2) is 83.7 Å². The van der Waals surface area contributed by atoms with Gasteiger partial charge in [0, 0.05) is 29.6 Å². The topological polar surface area (TPSA) is 127 Å². The molecule has 1 aromatic heterocycles. The van der Waals surface area contributed by atoms with E-state index in [4.69, 9.17) is 4.74 Å². The molecule has 51 heavy (non-hydrogen) atoms. The second-order valence-electron chi connectivity index (χ2n) is 14.6. The Balaban J connectivity index is 0.821. The Morgan fingerprint density at radius 2 is 1.61 bits per heavy atom. The Bertz CT molecular complexity index is 1780. The van der Waals surface area contributed by atoms with Crippen LogP contribution < -0.4 is 16.2 Å². The number of aliphatic hydroxyl groups excluding tert-OH is 1. The number of aromatic nitrogens is 1. The van der Waals surface area contributed by atoms with Gasteiger partial charge in [-0.2, -0.15) is 0 Å². The quantitative estimate of drug-likeness (QED) is 0.0710. The second kappa shape index (κ2) is 17.8. The number of amides is 1. The number of anilines is 1. The summed E-state index contributed by atoms with van der Waals surface area (Å²) in [5.74, 6) is 1.00. The minimum absolute atomic E-state index is 0.000240. The highest BCUT2D eigenvalue weighted by Gasteiger charge is 2.44. The number of unbranched alkanes of at least 4 members (excludes halogenated alkanes) is 6. The van der Waals surface area contributed by atoms with Crippen molar-refractivity contribution in [2.24, 2.45) is 11.8 Å². The molecule has 3 fully saturated rings. The van der Waals surface area contributed by atoms with E-state index in [-0.39, 0.29) is 23.5 Å². The van der Waals surface area contributed by atoms with Gasteiger partial charge in [-0.25, -0.2) is 4.79 Å². The van der Waals surface area contributed by atoms with Gasteiger partial charge in [-0.3, -0.25) is 10.1 Å². The third kappa shape index (κ3) is 9.58. The first-order valence-electron chi connectivity index (χ1n) is 18.9. The minimum Gasteiger partial charge on any atom is -0.506 e. The maximum atomic E-state index is 13.0. The predicted molar refractivity (Wildman–Crippen MR) is 204 cm³/mol. The maximum Gasteiger partial charge on any atom is 0.411 e. The van der Waals surface area contributed by atoms with Crippen LogP contribution in [0.5, 0.6) is 5.75 Å². The zero-order chi connectivity index (χ0) is 35.6. The van der Waals surface area contributed by atoms with E-state index in [0.717, 1.165) is 62.0 Å². The lowest BCUT2D eigenvalue weighted by atomic mass is 9.66. The molecule has 4 unspecified atom stereocenters. The molecule has 272 valence electrons. The summed E-state index contributed by atoms with van der Waals surface area (Å²) >= 11 is 0. The van der Waals surface area contributed by atoms with Crippen LogP contribution in [0.4, 0.5) is 10.5 Å². The van der Waals surface area contributed by atoms with Gasteiger partial charge in [0.1, 0.15) is 11.9 Å². The first-order valence-corrected chi connectivity index (χ1v) is 18.9. The molecule has 9 heteroatoms. The number of carbonyl (C=O) groups excluding carboxylic acids is 1. The molecule has 3 aliphatic carbocycles. The number of para-hydroxylation sites is 1. The number of phenols is 1. The van der Waals surface area contributed by atoms with Crippen molar-refractivity contribution in [2.45, 2.75) is 88.9 Å². The summed E-state index contributed by atoms with van der Waals surface area (Å²) in [4.78, 5) is 29.9. The summed E-state index contributed by atoms with van der Waals surface area (Å²) in [6.07, 6.45) is 11.8. The van der Waals surface area contributed by atoms with Gasteiger partial charge >= 0.3 is 6.09 Å². The van der Waals surface area contributed by atoms with Gasteiger partial charge in [-0.05, 0) is 99.8 Å². The summed E-state index contributed by atoms with van der Waals surface area (Å²) in [5.41, 5.74) is 3.60. The number of phenolic OH excluding ortho intramolecular Hbond substituents is 1. The number of ether oxygens (including phenoxy) is 1. The Labute approximate surface area is 301 Å². The Hall–Kier alpha value is -4.18. The molecule has 0 spiro atoms. The van der Waals surface area contributed by atoms with E-state index in [9.17, 15) is 19.8 Å². The zero-order valence-electron chi connectivity index (χ0n) is 29.9. The van der Waals surface area contributed by atoms with Crippen molar-refractivity contribution in [1.82, 2.24) is 15.2 Å². The monoisotopic (exact) mass is 694 g/mol. The van der Waals surface area contributed by atoms with Crippen molar-refractivity contribution in [2.75, 3.05) is 32.0 Å². The van der Waals surface area contributed by atoms with Crippen LogP contribution in [-0.2, 0) is 4.74 Å². The Kier molecular flexibility index (Phi) is 12.8. The van der Waals surface area contributed by atoms with Gasteiger partial charge in [-0.15, -0.1) is 0 Å². The molecular weight excluding hydrogens is 640 g/mol. The fourth-order valence-electron chi connectivity index (χ4n) is 8.33. The summed E-state index contributed by atoms with van der Waals surface area (Å²) in [6, 6.07) is 24.9. The summed E-state index contributed by atoms with van der Waals surface area (Å²) in [7, 11) is 2.28. The molecule has 0 aliphatic heterocycles. The summed E-state index contributed by atoms with van der Waals surface area (Å²) < 4.78 is 6.06. The van der Waals surface area contributed by atoms with Gasteiger partial charge < -0.3 is 30.2 Å². The molecule has 3 aliphatic rings. The number of benzene rings is 3. The molecule has 7 rings (SSSR count). The number of fused-ring (bicyclic) bond motifs is 4. The van der Waals surface area contributed by atoms with Gasteiger partial charge in [0.15, 0.2) is 0 Å². The van der Waals surface area contributed by atoms with Gasteiger partial charge in [0.05, 0.1) is 17.3 Å². The van der Waals surface area contributed by atoms with Crippen molar-refractivity contribution in [3.05, 3.63) is 94.8 Å². The lowest BCUT2D eigenvalue weighted by Crippen LogP contribution is -2.52. The number of pyridine rings is 1. The molecule has 9 nitrogen and oxygen atoms in total. The van der Waals surface area contributed by atoms with E-state index in [1.807, 2.05) is 42.5 Å². The standard InChI is InChI=1S/C42H54N4O5/c1-46(25-13-6-4-2-3-5-12-24-43-28-38(48)33-20-22-37(47)41-34(33)21-23-40(49)45-41)36-26-31-19-18-30(36)27-39(31)51-42(50)44-35-17-11-10-16-32(35)29-14-8-7-9-15-29/h7-11,14-17,20-23,30-31,36,38-39,43,47-48H,2-6,12-13,18-19,24-28H2,1H3,(H,44,50)(H,45,49)/t30?,31?,36?,38-,39?/m0/s1. The number of nitrogens with zero attached hydrogens (tertiary/aromatic N) is 1. The van der Waals surface area contributed by atoms with Crippen molar-refractivity contribution in [1.29, 1.82) is 0 Å². The van der Waals surface area contributed by atoms with Crippen molar-refractivity contribution in [3.8, 4) is 16.9 Å². The normalized spacial score (nSPS) is 20.5. The summed E-state index contributed by atoms with van der Waals surface area (Å²) in [6.45, 7) is 2.38. The molecule has 1 amide bonds. The first-order chi connectivity index (χ1) is 24.9. The number of H-pyrrole nitrogens is 1. The van der Waals surface area contributed by atoms with Gasteiger partial charge in [-0.1, -0.05) is 86.7 Å². The third-order valence-corrected chi connectivity index (χ3v) is 11.1. The summed E-state index contributed by atoms with van der Waals surface area (Å²) in [5, 5.41) is 27.8. The van der Waals surface area contributed by atoms with E-state index in [0.29, 0.717) is 40.9 Å². The van der Waals surface area contributed by atoms with Crippen molar-refractivity contribution in [3.63, 3.8) is 0 Å².